The lowest BCUT2D eigenvalue weighted by molar-refractivity contribution is -0.384. The Morgan fingerprint density at radius 1 is 1.17 bits per heavy atom. The number of amides is 3. The number of nitrogens with one attached hydrogen (secondary N) is 1. The Labute approximate surface area is 136 Å². The van der Waals surface area contributed by atoms with Gasteiger partial charge in [-0.05, 0) is 24.3 Å². The molecule has 4 rings (SSSR count). The van der Waals surface area contributed by atoms with E-state index >= 15 is 0 Å². The molecule has 1 aromatic carbocycles. The number of imide groups is 1. The molecule has 1 aromatic rings. The first-order valence-corrected chi connectivity index (χ1v) is 7.59. The average molecular weight is 327 g/mol. The summed E-state index contributed by atoms with van der Waals surface area (Å²) in [6, 6.07) is 5.13. The molecule has 2 aliphatic carbocycles. The molecule has 3 aliphatic rings. The third kappa shape index (κ3) is 1.96. The number of hydrazine groups is 1. The van der Waals surface area contributed by atoms with E-state index in [-0.39, 0.29) is 23.1 Å². The molecule has 8 heteroatoms. The van der Waals surface area contributed by atoms with Crippen molar-refractivity contribution >= 4 is 23.4 Å². The highest BCUT2D eigenvalue weighted by Crippen LogP contribution is 2.52. The second kappa shape index (κ2) is 4.98. The first kappa shape index (κ1) is 14.6. The number of allylic oxidation sites excluding steroid dienone is 2. The number of non-ortho nitro benzene ring substituents is 1. The van der Waals surface area contributed by atoms with Crippen molar-refractivity contribution in [3.8, 4) is 0 Å². The highest BCUT2D eigenvalue weighted by Gasteiger charge is 2.59. The zero-order chi connectivity index (χ0) is 17.0. The second-order valence-electron chi connectivity index (χ2n) is 6.26. The highest BCUT2D eigenvalue weighted by molar-refractivity contribution is 6.08. The first-order valence-electron chi connectivity index (χ1n) is 7.59. The van der Waals surface area contributed by atoms with Crippen molar-refractivity contribution in [2.75, 3.05) is 0 Å². The van der Waals surface area contributed by atoms with E-state index in [0.29, 0.717) is 0 Å². The second-order valence-corrected chi connectivity index (χ2v) is 6.26. The maximum absolute atomic E-state index is 12.5. The number of fused-ring (bicyclic) bond motifs is 5. The Morgan fingerprint density at radius 2 is 1.79 bits per heavy atom. The molecule has 2 fully saturated rings. The smallest absolute Gasteiger partial charge is 0.270 e. The third-order valence-corrected chi connectivity index (χ3v) is 5.00. The van der Waals surface area contributed by atoms with Crippen LogP contribution < -0.4 is 5.43 Å². The Balaban J connectivity index is 1.55. The molecule has 1 N–H and O–H groups in total. The van der Waals surface area contributed by atoms with Gasteiger partial charge in [-0.3, -0.25) is 29.9 Å². The van der Waals surface area contributed by atoms with Crippen LogP contribution >= 0.6 is 0 Å². The summed E-state index contributed by atoms with van der Waals surface area (Å²) in [6.45, 7) is 0. The summed E-state index contributed by atoms with van der Waals surface area (Å²) in [5.41, 5.74) is 2.08. The van der Waals surface area contributed by atoms with Gasteiger partial charge in [0.15, 0.2) is 0 Å². The molecule has 8 nitrogen and oxygen atoms in total. The van der Waals surface area contributed by atoms with Crippen molar-refractivity contribution in [1.29, 1.82) is 0 Å². The number of nitrogens with zero attached hydrogens (tertiary/aromatic N) is 2. The Kier molecular flexibility index (Phi) is 3.02. The van der Waals surface area contributed by atoms with Gasteiger partial charge in [0, 0.05) is 17.7 Å². The van der Waals surface area contributed by atoms with Gasteiger partial charge in [0.2, 0.25) is 0 Å². The molecule has 122 valence electrons. The molecule has 0 spiro atoms. The van der Waals surface area contributed by atoms with Crippen LogP contribution in [0.5, 0.6) is 0 Å². The summed E-state index contributed by atoms with van der Waals surface area (Å²) in [5, 5.41) is 11.6. The highest BCUT2D eigenvalue weighted by atomic mass is 16.6. The maximum atomic E-state index is 12.5. The van der Waals surface area contributed by atoms with Gasteiger partial charge in [0.05, 0.1) is 16.8 Å². The van der Waals surface area contributed by atoms with Crippen molar-refractivity contribution in [2.24, 2.45) is 23.7 Å². The number of benzene rings is 1. The molecule has 1 aliphatic heterocycles. The lowest BCUT2D eigenvalue weighted by Crippen LogP contribution is -2.47. The average Bonchev–Trinajstić information content (AvgIpc) is 3.24. The fourth-order valence-corrected chi connectivity index (χ4v) is 3.94. The van der Waals surface area contributed by atoms with Gasteiger partial charge in [0.25, 0.3) is 23.4 Å². The maximum Gasteiger partial charge on any atom is 0.270 e. The van der Waals surface area contributed by atoms with Gasteiger partial charge < -0.3 is 0 Å². The quantitative estimate of drug-likeness (QED) is 0.386. The van der Waals surface area contributed by atoms with Crippen LogP contribution in [0.2, 0.25) is 0 Å². The van der Waals surface area contributed by atoms with Gasteiger partial charge in [-0.1, -0.05) is 18.2 Å². The van der Waals surface area contributed by atoms with E-state index in [4.69, 9.17) is 0 Å². The third-order valence-electron chi connectivity index (χ3n) is 5.00. The summed E-state index contributed by atoms with van der Waals surface area (Å²) in [7, 11) is 0. The number of nitro groups is 1. The number of hydrogen-bond acceptors (Lipinski definition) is 5. The molecule has 0 aromatic heterocycles. The van der Waals surface area contributed by atoms with E-state index in [1.165, 1.54) is 18.2 Å². The zero-order valence-electron chi connectivity index (χ0n) is 12.4. The molecule has 3 amide bonds. The number of carbonyl (C=O) groups is 3. The number of carbonyl (C=O) groups excluding carboxylic acids is 3. The van der Waals surface area contributed by atoms with Crippen LogP contribution in [-0.2, 0) is 9.59 Å². The molecule has 2 bridgehead atoms. The first-order chi connectivity index (χ1) is 11.5. The predicted octanol–water partition coefficient (Wildman–Crippen LogP) is 1.05. The zero-order valence-corrected chi connectivity index (χ0v) is 12.4. The molecule has 1 heterocycles. The van der Waals surface area contributed by atoms with Crippen LogP contribution in [-0.4, -0.2) is 27.7 Å². The summed E-state index contributed by atoms with van der Waals surface area (Å²) < 4.78 is 0. The molecule has 0 unspecified atom stereocenters. The Morgan fingerprint density at radius 3 is 2.38 bits per heavy atom. The van der Waals surface area contributed by atoms with E-state index in [9.17, 15) is 24.5 Å². The predicted molar refractivity (Wildman–Crippen MR) is 80.1 cm³/mol. The largest absolute Gasteiger partial charge is 0.272 e. The van der Waals surface area contributed by atoms with Crippen LogP contribution in [0.25, 0.3) is 0 Å². The number of hydrogen-bond donors (Lipinski definition) is 1. The molecule has 0 radical (unpaired) electrons. The van der Waals surface area contributed by atoms with E-state index < -0.39 is 34.5 Å². The van der Waals surface area contributed by atoms with Gasteiger partial charge in [-0.2, -0.15) is 5.01 Å². The normalized spacial score (nSPS) is 29.9. The van der Waals surface area contributed by atoms with Gasteiger partial charge in [-0.25, -0.2) is 0 Å². The minimum Gasteiger partial charge on any atom is -0.272 e. The van der Waals surface area contributed by atoms with Crippen molar-refractivity contribution in [1.82, 2.24) is 10.4 Å². The molecule has 4 atom stereocenters. The van der Waals surface area contributed by atoms with E-state index in [0.717, 1.165) is 17.5 Å². The topological polar surface area (TPSA) is 110 Å². The van der Waals surface area contributed by atoms with Crippen LogP contribution in [0, 0.1) is 33.8 Å². The van der Waals surface area contributed by atoms with Crippen LogP contribution in [0.15, 0.2) is 36.4 Å². The standard InChI is InChI=1S/C16H13N3O5/c20-14(10-2-1-3-11(7-10)19(23)24)17-18-15(21)12-8-4-5-9(6-8)13(12)16(18)22/h1-5,7-9,12-13H,6H2,(H,17,20)/t8-,9+,12-,13-/m1/s1. The van der Waals surface area contributed by atoms with Crippen molar-refractivity contribution < 1.29 is 19.3 Å². The van der Waals surface area contributed by atoms with Crippen LogP contribution in [0.3, 0.4) is 0 Å². The minimum atomic E-state index is -0.722. The van der Waals surface area contributed by atoms with Crippen molar-refractivity contribution in [2.45, 2.75) is 6.42 Å². The summed E-state index contributed by atoms with van der Waals surface area (Å²) >= 11 is 0. The Bertz CT molecular complexity index is 788. The van der Waals surface area contributed by atoms with Crippen LogP contribution in [0.1, 0.15) is 16.8 Å². The Hall–Kier alpha value is -3.03. The minimum absolute atomic E-state index is 0.0166. The van der Waals surface area contributed by atoms with E-state index in [1.807, 2.05) is 12.2 Å². The SMILES string of the molecule is O=C(NN1C(=O)[C@H]2[C@H](C1=O)[C@H]1C=C[C@@H]2C1)c1cccc([N+](=O)[O-])c1. The van der Waals surface area contributed by atoms with Gasteiger partial charge in [0.1, 0.15) is 0 Å². The fraction of sp³-hybridized carbons (Fsp3) is 0.312. The monoisotopic (exact) mass is 327 g/mol. The van der Waals surface area contributed by atoms with E-state index in [1.54, 1.807) is 0 Å². The van der Waals surface area contributed by atoms with Gasteiger partial charge >= 0.3 is 0 Å². The van der Waals surface area contributed by atoms with Crippen molar-refractivity contribution in [3.63, 3.8) is 0 Å². The molecular weight excluding hydrogens is 314 g/mol. The molecule has 24 heavy (non-hydrogen) atoms. The van der Waals surface area contributed by atoms with Gasteiger partial charge in [-0.15, -0.1) is 0 Å². The fourth-order valence-electron chi connectivity index (χ4n) is 3.94. The van der Waals surface area contributed by atoms with Crippen LogP contribution in [0.4, 0.5) is 5.69 Å². The van der Waals surface area contributed by atoms with E-state index in [2.05, 4.69) is 5.43 Å². The summed E-state index contributed by atoms with van der Waals surface area (Å²) in [6.07, 6.45) is 4.73. The number of rotatable bonds is 3. The molecule has 1 saturated carbocycles. The lowest BCUT2D eigenvalue weighted by Gasteiger charge is -2.17. The molecular formula is C16H13N3O5. The van der Waals surface area contributed by atoms with Crippen molar-refractivity contribution in [3.05, 3.63) is 52.1 Å². The molecule has 1 saturated heterocycles. The summed E-state index contributed by atoms with van der Waals surface area (Å²) in [5.74, 6) is -2.23. The summed E-state index contributed by atoms with van der Waals surface area (Å²) in [4.78, 5) is 47.4. The lowest BCUT2D eigenvalue weighted by atomic mass is 9.85. The number of nitro benzene ring substituents is 1.